The summed E-state index contributed by atoms with van der Waals surface area (Å²) in [5.74, 6) is -0.667. The highest BCUT2D eigenvalue weighted by Crippen LogP contribution is 2.45. The molecule has 194 valence electrons. The fourth-order valence-electron chi connectivity index (χ4n) is 4.49. The van der Waals surface area contributed by atoms with Crippen LogP contribution in [0.4, 0.5) is 0 Å². The lowest BCUT2D eigenvalue weighted by Gasteiger charge is -2.15. The molecule has 0 heterocycles. The number of rotatable bonds is 7. The molecule has 0 saturated carbocycles. The summed E-state index contributed by atoms with van der Waals surface area (Å²) in [6.07, 6.45) is 3.51. The van der Waals surface area contributed by atoms with Gasteiger partial charge in [0.15, 0.2) is 0 Å². The maximum Gasteiger partial charge on any atom is 0.333 e. The lowest BCUT2D eigenvalue weighted by molar-refractivity contribution is -0.139. The van der Waals surface area contributed by atoms with Crippen molar-refractivity contribution in [2.45, 2.75) is 27.7 Å². The molecule has 0 radical (unpaired) electrons. The molecule has 0 aliphatic heterocycles. The molecule has 4 aromatic rings. The van der Waals surface area contributed by atoms with E-state index >= 15 is 0 Å². The van der Waals surface area contributed by atoms with Crippen molar-refractivity contribution < 1.29 is 29.3 Å². The van der Waals surface area contributed by atoms with Crippen molar-refractivity contribution in [1.82, 2.24) is 0 Å². The van der Waals surface area contributed by atoms with Crippen molar-refractivity contribution >= 4 is 45.6 Å². The molecule has 4 rings (SSSR count). The van der Waals surface area contributed by atoms with Crippen LogP contribution in [0.25, 0.3) is 44.8 Å². The van der Waals surface area contributed by atoms with Gasteiger partial charge in [-0.3, -0.25) is 0 Å². The van der Waals surface area contributed by atoms with Crippen LogP contribution >= 0.6 is 0 Å². The minimum Gasteiger partial charge on any atom is -0.507 e. The van der Waals surface area contributed by atoms with E-state index in [1.165, 1.54) is 0 Å². The molecule has 0 aromatic heterocycles. The molecule has 0 bridgehead atoms. The van der Waals surface area contributed by atoms with E-state index in [9.17, 15) is 19.8 Å². The molecule has 6 nitrogen and oxygen atoms in total. The summed E-state index contributed by atoms with van der Waals surface area (Å²) in [4.78, 5) is 24.0. The quantitative estimate of drug-likeness (QED) is 0.205. The van der Waals surface area contributed by atoms with Gasteiger partial charge in [0, 0.05) is 22.3 Å². The maximum atomic E-state index is 12.0. The highest BCUT2D eigenvalue weighted by molar-refractivity contribution is 6.10. The summed E-state index contributed by atoms with van der Waals surface area (Å²) < 4.78 is 10.1. The molecule has 2 N–H and O–H groups in total. The van der Waals surface area contributed by atoms with E-state index in [1.807, 2.05) is 36.4 Å². The molecular formula is C32H30O6. The van der Waals surface area contributed by atoms with Crippen LogP contribution < -0.4 is 0 Å². The van der Waals surface area contributed by atoms with Gasteiger partial charge < -0.3 is 19.7 Å². The number of hydrogen-bond acceptors (Lipinski definition) is 6. The summed E-state index contributed by atoms with van der Waals surface area (Å²) >= 11 is 0. The van der Waals surface area contributed by atoms with Crippen molar-refractivity contribution in [3.05, 3.63) is 82.9 Å². The molecular weight excluding hydrogens is 480 g/mol. The standard InChI is InChI=1S/C32H30O6/c1-5-37-31(35)19(3)15-21-7-11-25-23(17-21)9-13-27(33)29(25)30-26-12-8-22(16-20(4)32(36)38-6-2)18-24(26)10-14-28(30)34/h7-18,33-34H,5-6H2,1-4H3. The number of benzene rings is 4. The normalized spacial score (nSPS) is 12.1. The Morgan fingerprint density at radius 3 is 1.42 bits per heavy atom. The smallest absolute Gasteiger partial charge is 0.333 e. The van der Waals surface area contributed by atoms with E-state index in [0.717, 1.165) is 32.7 Å². The Kier molecular flexibility index (Phi) is 7.82. The summed E-state index contributed by atoms with van der Waals surface area (Å²) in [6.45, 7) is 7.55. The molecule has 38 heavy (non-hydrogen) atoms. The fraction of sp³-hybridized carbons (Fsp3) is 0.188. The Morgan fingerprint density at radius 2 is 1.05 bits per heavy atom. The number of phenols is 2. The Morgan fingerprint density at radius 1 is 0.658 bits per heavy atom. The van der Waals surface area contributed by atoms with E-state index in [-0.39, 0.29) is 23.4 Å². The van der Waals surface area contributed by atoms with Crippen LogP contribution in [-0.2, 0) is 19.1 Å². The van der Waals surface area contributed by atoms with Crippen LogP contribution in [-0.4, -0.2) is 35.4 Å². The van der Waals surface area contributed by atoms with Gasteiger partial charge >= 0.3 is 11.9 Å². The van der Waals surface area contributed by atoms with Crippen molar-refractivity contribution in [3.8, 4) is 22.6 Å². The zero-order valence-corrected chi connectivity index (χ0v) is 21.9. The van der Waals surface area contributed by atoms with E-state index in [0.29, 0.717) is 35.5 Å². The SMILES string of the molecule is CCOC(=O)C(C)=Cc1ccc2c(-c3c(O)ccc4cc(C=C(C)C(=O)OCC)ccc34)c(O)ccc2c1. The monoisotopic (exact) mass is 510 g/mol. The lowest BCUT2D eigenvalue weighted by Crippen LogP contribution is -2.04. The average molecular weight is 511 g/mol. The first-order valence-corrected chi connectivity index (χ1v) is 12.5. The second kappa shape index (κ2) is 11.2. The average Bonchev–Trinajstić information content (AvgIpc) is 2.89. The van der Waals surface area contributed by atoms with Crippen LogP contribution in [0.3, 0.4) is 0 Å². The van der Waals surface area contributed by atoms with Crippen LogP contribution in [0.15, 0.2) is 71.8 Å². The third kappa shape index (κ3) is 5.39. The minimum atomic E-state index is -0.369. The van der Waals surface area contributed by atoms with Gasteiger partial charge in [0.05, 0.1) is 13.2 Å². The van der Waals surface area contributed by atoms with Crippen LogP contribution in [0.5, 0.6) is 11.5 Å². The maximum absolute atomic E-state index is 12.0. The van der Waals surface area contributed by atoms with Gasteiger partial charge in [0.25, 0.3) is 0 Å². The molecule has 0 fully saturated rings. The fourth-order valence-corrected chi connectivity index (χ4v) is 4.49. The zero-order valence-electron chi connectivity index (χ0n) is 21.9. The molecule has 0 saturated heterocycles. The molecule has 0 spiro atoms. The molecule has 0 atom stereocenters. The van der Waals surface area contributed by atoms with Crippen molar-refractivity contribution in [2.24, 2.45) is 0 Å². The van der Waals surface area contributed by atoms with Gasteiger partial charge in [0.2, 0.25) is 0 Å². The highest BCUT2D eigenvalue weighted by atomic mass is 16.5. The Balaban J connectivity index is 1.84. The van der Waals surface area contributed by atoms with Gasteiger partial charge in [0.1, 0.15) is 11.5 Å². The molecule has 0 amide bonds. The molecule has 6 heteroatoms. The van der Waals surface area contributed by atoms with Crippen LogP contribution in [0.1, 0.15) is 38.8 Å². The van der Waals surface area contributed by atoms with Gasteiger partial charge in [-0.25, -0.2) is 9.59 Å². The first-order valence-electron chi connectivity index (χ1n) is 12.5. The predicted molar refractivity (Wildman–Crippen MR) is 151 cm³/mol. The number of hydrogen-bond donors (Lipinski definition) is 2. The van der Waals surface area contributed by atoms with E-state index in [2.05, 4.69) is 0 Å². The van der Waals surface area contributed by atoms with Crippen molar-refractivity contribution in [1.29, 1.82) is 0 Å². The second-order valence-electron chi connectivity index (χ2n) is 8.98. The number of esters is 2. The first kappa shape index (κ1) is 26.5. The topological polar surface area (TPSA) is 93.1 Å². The number of fused-ring (bicyclic) bond motifs is 2. The minimum absolute atomic E-state index is 0.0356. The van der Waals surface area contributed by atoms with Crippen molar-refractivity contribution in [2.75, 3.05) is 13.2 Å². The van der Waals surface area contributed by atoms with Crippen molar-refractivity contribution in [3.63, 3.8) is 0 Å². The Bertz CT molecular complexity index is 1490. The van der Waals surface area contributed by atoms with E-state index < -0.39 is 0 Å². The van der Waals surface area contributed by atoms with Crippen LogP contribution in [0.2, 0.25) is 0 Å². The second-order valence-corrected chi connectivity index (χ2v) is 8.98. The molecule has 4 aromatic carbocycles. The third-order valence-corrected chi connectivity index (χ3v) is 6.25. The van der Waals surface area contributed by atoms with Gasteiger partial charge in [-0.15, -0.1) is 0 Å². The third-order valence-electron chi connectivity index (χ3n) is 6.25. The van der Waals surface area contributed by atoms with Gasteiger partial charge in [-0.05, 0) is 96.8 Å². The van der Waals surface area contributed by atoms with Crippen LogP contribution in [0, 0.1) is 0 Å². The number of phenolic OH excluding ortho intramolecular Hbond substituents is 2. The lowest BCUT2D eigenvalue weighted by atomic mass is 9.91. The molecule has 0 aliphatic carbocycles. The summed E-state index contributed by atoms with van der Waals surface area (Å²) in [6, 6.07) is 18.1. The van der Waals surface area contributed by atoms with Gasteiger partial charge in [-0.1, -0.05) is 36.4 Å². The van der Waals surface area contributed by atoms with Gasteiger partial charge in [-0.2, -0.15) is 0 Å². The predicted octanol–water partition coefficient (Wildman–Crippen LogP) is 7.00. The zero-order chi connectivity index (χ0) is 27.4. The highest BCUT2D eigenvalue weighted by Gasteiger charge is 2.17. The number of carbonyl (C=O) groups excluding carboxylic acids is 2. The Hall–Kier alpha value is -4.58. The number of carbonyl (C=O) groups is 2. The Labute approximate surface area is 221 Å². The van der Waals surface area contributed by atoms with E-state index in [1.54, 1.807) is 64.1 Å². The number of ether oxygens (including phenoxy) is 2. The first-order chi connectivity index (χ1) is 18.2. The molecule has 0 unspecified atom stereocenters. The summed E-state index contributed by atoms with van der Waals surface area (Å²) in [5.41, 5.74) is 3.62. The van der Waals surface area contributed by atoms with E-state index in [4.69, 9.17) is 9.47 Å². The number of aromatic hydroxyl groups is 2. The largest absolute Gasteiger partial charge is 0.507 e. The summed E-state index contributed by atoms with van der Waals surface area (Å²) in [5, 5.41) is 25.0. The summed E-state index contributed by atoms with van der Waals surface area (Å²) in [7, 11) is 0. The molecule has 0 aliphatic rings.